The number of nitriles is 1. The van der Waals surface area contributed by atoms with Crippen LogP contribution in [0.2, 0.25) is 0 Å². The molecule has 0 radical (unpaired) electrons. The highest BCUT2D eigenvalue weighted by molar-refractivity contribution is 5.91. The van der Waals surface area contributed by atoms with E-state index in [9.17, 15) is 19.2 Å². The van der Waals surface area contributed by atoms with E-state index in [2.05, 4.69) is 6.07 Å². The molecule has 0 atom stereocenters. The van der Waals surface area contributed by atoms with Crippen molar-refractivity contribution in [2.45, 2.75) is 37.6 Å². The van der Waals surface area contributed by atoms with Crippen molar-refractivity contribution in [2.24, 2.45) is 0 Å². The van der Waals surface area contributed by atoms with Gasteiger partial charge in [0.1, 0.15) is 17.1 Å². The highest BCUT2D eigenvalue weighted by Crippen LogP contribution is 2.32. The van der Waals surface area contributed by atoms with Crippen molar-refractivity contribution < 1.29 is 23.5 Å². The number of carbonyl (C=O) groups is 2. The second-order valence-corrected chi connectivity index (χ2v) is 6.08. The van der Waals surface area contributed by atoms with E-state index in [4.69, 9.17) is 9.47 Å². The lowest BCUT2D eigenvalue weighted by atomic mass is 9.81. The number of hydrogen-bond donors (Lipinski definition) is 0. The van der Waals surface area contributed by atoms with Gasteiger partial charge in [0.25, 0.3) is 5.91 Å². The summed E-state index contributed by atoms with van der Waals surface area (Å²) in [5.74, 6) is -1.92. The molecule has 0 N–H and O–H groups in total. The van der Waals surface area contributed by atoms with Crippen LogP contribution in [0.4, 0.5) is 4.39 Å². The minimum Gasteiger partial charge on any atom is -0.497 e. The van der Waals surface area contributed by atoms with Crippen LogP contribution in [0.15, 0.2) is 18.2 Å². The second kappa shape index (κ2) is 7.97. The lowest BCUT2D eigenvalue weighted by Crippen LogP contribution is -2.51. The van der Waals surface area contributed by atoms with Gasteiger partial charge >= 0.3 is 5.97 Å². The number of ether oxygens (including phenoxy) is 2. The van der Waals surface area contributed by atoms with E-state index < -0.39 is 29.8 Å². The maximum Gasteiger partial charge on any atom is 0.341 e. The van der Waals surface area contributed by atoms with Crippen LogP contribution in [0, 0.1) is 17.1 Å². The number of amides is 1. The number of halogens is 1. The molecule has 6 nitrogen and oxygen atoms in total. The van der Waals surface area contributed by atoms with E-state index >= 15 is 0 Å². The van der Waals surface area contributed by atoms with Gasteiger partial charge in [-0.25, -0.2) is 9.18 Å². The van der Waals surface area contributed by atoms with Gasteiger partial charge in [0.2, 0.25) is 0 Å². The largest absolute Gasteiger partial charge is 0.497 e. The summed E-state index contributed by atoms with van der Waals surface area (Å²) >= 11 is 0. The molecule has 0 heterocycles. The first-order chi connectivity index (χ1) is 11.9. The standard InChI is InChI=1S/C18H21FN2O4/c1-21(18(12-20)8-4-3-5-9-18)16(22)11-25-17(23)14-7-6-13(24-2)10-15(14)19/h6-7,10H,3-5,8-9,11H2,1-2H3. The zero-order valence-corrected chi connectivity index (χ0v) is 14.4. The SMILES string of the molecule is COc1ccc(C(=O)OCC(=O)N(C)C2(C#N)CCCCC2)c(F)c1. The number of hydrogen-bond acceptors (Lipinski definition) is 5. The average Bonchev–Trinajstić information content (AvgIpc) is 2.65. The Morgan fingerprint density at radius 1 is 1.32 bits per heavy atom. The Kier molecular flexibility index (Phi) is 5.97. The second-order valence-electron chi connectivity index (χ2n) is 6.08. The molecule has 134 valence electrons. The van der Waals surface area contributed by atoms with Crippen molar-refractivity contribution in [3.8, 4) is 11.8 Å². The van der Waals surface area contributed by atoms with E-state index in [1.807, 2.05) is 0 Å². The fraction of sp³-hybridized carbons (Fsp3) is 0.500. The molecular weight excluding hydrogens is 327 g/mol. The summed E-state index contributed by atoms with van der Waals surface area (Å²) < 4.78 is 23.6. The van der Waals surface area contributed by atoms with Gasteiger partial charge in [0.05, 0.1) is 18.7 Å². The molecular formula is C18H21FN2O4. The Labute approximate surface area is 146 Å². The first kappa shape index (κ1) is 18.7. The molecule has 0 saturated heterocycles. The molecule has 0 unspecified atom stereocenters. The summed E-state index contributed by atoms with van der Waals surface area (Å²) in [5.41, 5.74) is -1.13. The third-order valence-corrected chi connectivity index (χ3v) is 4.63. The number of likely N-dealkylation sites (N-methyl/N-ethyl adjacent to an activating group) is 1. The highest BCUT2D eigenvalue weighted by Gasteiger charge is 2.39. The van der Waals surface area contributed by atoms with E-state index in [-0.39, 0.29) is 11.3 Å². The molecule has 1 aliphatic carbocycles. The summed E-state index contributed by atoms with van der Waals surface area (Å²) in [5, 5.41) is 9.49. The van der Waals surface area contributed by atoms with Crippen molar-refractivity contribution >= 4 is 11.9 Å². The van der Waals surface area contributed by atoms with E-state index in [0.29, 0.717) is 12.8 Å². The van der Waals surface area contributed by atoms with E-state index in [0.717, 1.165) is 25.3 Å². The number of methoxy groups -OCH3 is 1. The normalized spacial score (nSPS) is 15.8. The number of rotatable bonds is 5. The topological polar surface area (TPSA) is 79.6 Å². The summed E-state index contributed by atoms with van der Waals surface area (Å²) in [6.45, 7) is -0.537. The lowest BCUT2D eigenvalue weighted by Gasteiger charge is -2.38. The summed E-state index contributed by atoms with van der Waals surface area (Å²) in [4.78, 5) is 25.6. The average molecular weight is 348 g/mol. The molecule has 7 heteroatoms. The molecule has 1 fully saturated rings. The Morgan fingerprint density at radius 3 is 2.56 bits per heavy atom. The van der Waals surface area contributed by atoms with Crippen LogP contribution in [0.5, 0.6) is 5.75 Å². The molecule has 25 heavy (non-hydrogen) atoms. The van der Waals surface area contributed by atoms with Gasteiger partial charge in [-0.2, -0.15) is 5.26 Å². The number of benzene rings is 1. The van der Waals surface area contributed by atoms with E-state index in [1.54, 1.807) is 7.05 Å². The van der Waals surface area contributed by atoms with Gasteiger partial charge in [-0.15, -0.1) is 0 Å². The monoisotopic (exact) mass is 348 g/mol. The molecule has 0 bridgehead atoms. The quantitative estimate of drug-likeness (QED) is 0.764. The van der Waals surface area contributed by atoms with Crippen LogP contribution in [0.1, 0.15) is 42.5 Å². The van der Waals surface area contributed by atoms with Crippen LogP contribution in [0.25, 0.3) is 0 Å². The van der Waals surface area contributed by atoms with E-state index in [1.165, 1.54) is 24.1 Å². The zero-order valence-electron chi connectivity index (χ0n) is 14.4. The Morgan fingerprint density at radius 2 is 2.00 bits per heavy atom. The molecule has 1 amide bonds. The van der Waals surface area contributed by atoms with Crippen molar-refractivity contribution in [3.05, 3.63) is 29.6 Å². The summed E-state index contributed by atoms with van der Waals surface area (Å²) in [6, 6.07) is 5.97. The van der Waals surface area contributed by atoms with Gasteiger partial charge < -0.3 is 14.4 Å². The fourth-order valence-electron chi connectivity index (χ4n) is 2.99. The van der Waals surface area contributed by atoms with Gasteiger partial charge in [0.15, 0.2) is 6.61 Å². The first-order valence-corrected chi connectivity index (χ1v) is 8.12. The molecule has 1 aliphatic rings. The maximum atomic E-state index is 13.9. The van der Waals surface area contributed by atoms with Crippen molar-refractivity contribution in [1.29, 1.82) is 5.26 Å². The molecule has 0 aliphatic heterocycles. The van der Waals surface area contributed by atoms with Crippen molar-refractivity contribution in [3.63, 3.8) is 0 Å². The molecule has 1 aromatic carbocycles. The van der Waals surface area contributed by atoms with Gasteiger partial charge in [-0.05, 0) is 25.0 Å². The summed E-state index contributed by atoms with van der Waals surface area (Å²) in [7, 11) is 2.93. The third-order valence-electron chi connectivity index (χ3n) is 4.63. The highest BCUT2D eigenvalue weighted by atomic mass is 19.1. The Balaban J connectivity index is 1.99. The first-order valence-electron chi connectivity index (χ1n) is 8.12. The predicted molar refractivity (Wildman–Crippen MR) is 87.4 cm³/mol. The Hall–Kier alpha value is -2.62. The van der Waals surface area contributed by atoms with Gasteiger partial charge in [-0.1, -0.05) is 19.3 Å². The minimum atomic E-state index is -0.934. The van der Waals surface area contributed by atoms with Crippen molar-refractivity contribution in [1.82, 2.24) is 4.90 Å². The zero-order chi connectivity index (χ0) is 18.4. The molecule has 0 spiro atoms. The van der Waals surface area contributed by atoms with Crippen molar-refractivity contribution in [2.75, 3.05) is 20.8 Å². The van der Waals surface area contributed by atoms with Gasteiger partial charge in [-0.3, -0.25) is 4.79 Å². The minimum absolute atomic E-state index is 0.274. The molecule has 1 saturated carbocycles. The van der Waals surface area contributed by atoms with Crippen LogP contribution < -0.4 is 4.74 Å². The van der Waals surface area contributed by atoms with Crippen LogP contribution in [-0.4, -0.2) is 43.1 Å². The third kappa shape index (κ3) is 4.08. The molecule has 1 aromatic rings. The van der Waals surface area contributed by atoms with Crippen LogP contribution in [0.3, 0.4) is 0 Å². The number of nitrogens with zero attached hydrogens (tertiary/aromatic N) is 2. The fourth-order valence-corrected chi connectivity index (χ4v) is 2.99. The lowest BCUT2D eigenvalue weighted by molar-refractivity contribution is -0.138. The van der Waals surface area contributed by atoms with Gasteiger partial charge in [0, 0.05) is 13.1 Å². The summed E-state index contributed by atoms with van der Waals surface area (Å²) in [6.07, 6.45) is 4.00. The number of esters is 1. The number of carbonyl (C=O) groups excluding carboxylic acids is 2. The maximum absolute atomic E-state index is 13.9. The predicted octanol–water partition coefficient (Wildman–Crippen LogP) is 2.68. The van der Waals surface area contributed by atoms with Crippen LogP contribution >= 0.6 is 0 Å². The molecule has 0 aromatic heterocycles. The molecule has 2 rings (SSSR count). The smallest absolute Gasteiger partial charge is 0.341 e. The van der Waals surface area contributed by atoms with Crippen LogP contribution in [-0.2, 0) is 9.53 Å². The Bertz CT molecular complexity index is 693.